The van der Waals surface area contributed by atoms with Gasteiger partial charge in [0.05, 0.1) is 0 Å². The summed E-state index contributed by atoms with van der Waals surface area (Å²) >= 11 is 2.17. The zero-order chi connectivity index (χ0) is 8.93. The number of hydrogen-bond donors (Lipinski definition) is 0. The zero-order valence-electron chi connectivity index (χ0n) is 8.08. The highest BCUT2D eigenvalue weighted by molar-refractivity contribution is 8.00. The molecule has 1 fully saturated rings. The lowest BCUT2D eigenvalue weighted by molar-refractivity contribution is 0.0999. The van der Waals surface area contributed by atoms with Crippen LogP contribution in [0.4, 0.5) is 0 Å². The van der Waals surface area contributed by atoms with Crippen molar-refractivity contribution in [2.24, 2.45) is 0 Å². The summed E-state index contributed by atoms with van der Waals surface area (Å²) in [5, 5.41) is 1.67. The van der Waals surface area contributed by atoms with Gasteiger partial charge in [-0.15, -0.1) is 0 Å². The third-order valence-electron chi connectivity index (χ3n) is 2.75. The van der Waals surface area contributed by atoms with Crippen molar-refractivity contribution in [2.45, 2.75) is 42.6 Å². The summed E-state index contributed by atoms with van der Waals surface area (Å²) < 4.78 is 5.36. The minimum Gasteiger partial charge on any atom is -0.381 e. The van der Waals surface area contributed by atoms with Gasteiger partial charge in [0, 0.05) is 23.7 Å². The van der Waals surface area contributed by atoms with E-state index in [1.54, 1.807) is 0 Å². The van der Waals surface area contributed by atoms with Gasteiger partial charge in [-0.3, -0.25) is 0 Å². The van der Waals surface area contributed by atoms with Gasteiger partial charge in [-0.1, -0.05) is 12.2 Å². The molecular formula is C11H18OS. The highest BCUT2D eigenvalue weighted by Crippen LogP contribution is 2.31. The van der Waals surface area contributed by atoms with Gasteiger partial charge in [0.25, 0.3) is 0 Å². The van der Waals surface area contributed by atoms with Gasteiger partial charge in [0.15, 0.2) is 0 Å². The van der Waals surface area contributed by atoms with E-state index in [1.165, 1.54) is 32.1 Å². The molecule has 0 saturated carbocycles. The van der Waals surface area contributed by atoms with Gasteiger partial charge in [-0.25, -0.2) is 0 Å². The lowest BCUT2D eigenvalue weighted by atomic mass is 10.1. The number of ether oxygens (including phenoxy) is 1. The van der Waals surface area contributed by atoms with Crippen molar-refractivity contribution < 1.29 is 4.74 Å². The molecule has 1 aliphatic carbocycles. The Bertz CT molecular complexity index is 173. The Labute approximate surface area is 84.9 Å². The summed E-state index contributed by atoms with van der Waals surface area (Å²) in [7, 11) is 0. The minimum absolute atomic E-state index is 0.803. The van der Waals surface area contributed by atoms with Gasteiger partial charge in [0.1, 0.15) is 0 Å². The quantitative estimate of drug-likeness (QED) is 0.631. The average Bonchev–Trinajstić information content (AvgIpc) is 2.21. The molecule has 1 aliphatic heterocycles. The Balaban J connectivity index is 1.75. The van der Waals surface area contributed by atoms with Gasteiger partial charge in [0.2, 0.25) is 0 Å². The maximum atomic E-state index is 5.36. The second-order valence-corrected chi connectivity index (χ2v) is 5.39. The Morgan fingerprint density at radius 1 is 1.15 bits per heavy atom. The Hall–Kier alpha value is 0.0500. The fourth-order valence-corrected chi connectivity index (χ4v) is 3.42. The van der Waals surface area contributed by atoms with E-state index in [-0.39, 0.29) is 0 Å². The van der Waals surface area contributed by atoms with Crippen LogP contribution in [0.15, 0.2) is 12.2 Å². The van der Waals surface area contributed by atoms with E-state index in [0.717, 1.165) is 23.7 Å². The van der Waals surface area contributed by atoms with Crippen LogP contribution in [0.5, 0.6) is 0 Å². The van der Waals surface area contributed by atoms with Gasteiger partial charge in [-0.2, -0.15) is 11.8 Å². The van der Waals surface area contributed by atoms with E-state index < -0.39 is 0 Å². The van der Waals surface area contributed by atoms with Crippen molar-refractivity contribution >= 4 is 11.8 Å². The van der Waals surface area contributed by atoms with Crippen molar-refractivity contribution in [1.82, 2.24) is 0 Å². The SMILES string of the molecule is C1=CC(SC2CCOCC2)CCC1. The van der Waals surface area contributed by atoms with Crippen molar-refractivity contribution in [3.05, 3.63) is 12.2 Å². The summed E-state index contributed by atoms with van der Waals surface area (Å²) in [6, 6.07) is 0. The fourth-order valence-electron chi connectivity index (χ4n) is 1.95. The van der Waals surface area contributed by atoms with Crippen LogP contribution in [0, 0.1) is 0 Å². The molecular weight excluding hydrogens is 180 g/mol. The van der Waals surface area contributed by atoms with E-state index in [1.807, 2.05) is 0 Å². The monoisotopic (exact) mass is 198 g/mol. The first-order chi connectivity index (χ1) is 6.45. The van der Waals surface area contributed by atoms with Crippen LogP contribution in [0.2, 0.25) is 0 Å². The van der Waals surface area contributed by atoms with Crippen LogP contribution in [0.3, 0.4) is 0 Å². The fraction of sp³-hybridized carbons (Fsp3) is 0.818. The predicted molar refractivity (Wildman–Crippen MR) is 58.2 cm³/mol. The molecule has 0 aromatic rings. The summed E-state index contributed by atoms with van der Waals surface area (Å²) in [6.45, 7) is 1.96. The summed E-state index contributed by atoms with van der Waals surface area (Å²) in [5.74, 6) is 0. The van der Waals surface area contributed by atoms with Crippen LogP contribution in [-0.2, 0) is 4.74 Å². The van der Waals surface area contributed by atoms with Crippen molar-refractivity contribution in [3.8, 4) is 0 Å². The number of rotatable bonds is 2. The molecule has 0 aromatic heterocycles. The van der Waals surface area contributed by atoms with Crippen LogP contribution in [0.25, 0.3) is 0 Å². The summed E-state index contributed by atoms with van der Waals surface area (Å²) in [5.41, 5.74) is 0. The van der Waals surface area contributed by atoms with Crippen LogP contribution in [0.1, 0.15) is 32.1 Å². The van der Waals surface area contributed by atoms with Crippen LogP contribution in [-0.4, -0.2) is 23.7 Å². The maximum Gasteiger partial charge on any atom is 0.0476 e. The molecule has 0 spiro atoms. The molecule has 1 unspecified atom stereocenters. The molecule has 0 radical (unpaired) electrons. The molecule has 2 heteroatoms. The normalized spacial score (nSPS) is 30.6. The second-order valence-electron chi connectivity index (χ2n) is 3.85. The van der Waals surface area contributed by atoms with Gasteiger partial charge >= 0.3 is 0 Å². The first kappa shape index (κ1) is 9.60. The molecule has 74 valence electrons. The molecule has 13 heavy (non-hydrogen) atoms. The lowest BCUT2D eigenvalue weighted by Gasteiger charge is -2.26. The molecule has 1 saturated heterocycles. The highest BCUT2D eigenvalue weighted by Gasteiger charge is 2.18. The largest absolute Gasteiger partial charge is 0.381 e. The molecule has 0 aromatic carbocycles. The van der Waals surface area contributed by atoms with Crippen molar-refractivity contribution in [2.75, 3.05) is 13.2 Å². The van der Waals surface area contributed by atoms with Crippen LogP contribution < -0.4 is 0 Å². The van der Waals surface area contributed by atoms with E-state index in [4.69, 9.17) is 4.74 Å². The van der Waals surface area contributed by atoms with Crippen molar-refractivity contribution in [1.29, 1.82) is 0 Å². The number of thioether (sulfide) groups is 1. The topological polar surface area (TPSA) is 9.23 Å². The first-order valence-electron chi connectivity index (χ1n) is 5.35. The third kappa shape index (κ3) is 3.03. The van der Waals surface area contributed by atoms with E-state index >= 15 is 0 Å². The summed E-state index contributed by atoms with van der Waals surface area (Å²) in [6.07, 6.45) is 11.3. The molecule has 2 rings (SSSR count). The van der Waals surface area contributed by atoms with Crippen LogP contribution >= 0.6 is 11.8 Å². The van der Waals surface area contributed by atoms with Crippen molar-refractivity contribution in [3.63, 3.8) is 0 Å². The summed E-state index contributed by atoms with van der Waals surface area (Å²) in [4.78, 5) is 0. The maximum absolute atomic E-state index is 5.36. The predicted octanol–water partition coefficient (Wildman–Crippen LogP) is 3.01. The number of hydrogen-bond acceptors (Lipinski definition) is 2. The molecule has 1 heterocycles. The Morgan fingerprint density at radius 3 is 2.69 bits per heavy atom. The third-order valence-corrected chi connectivity index (χ3v) is 4.34. The Morgan fingerprint density at radius 2 is 2.00 bits per heavy atom. The van der Waals surface area contributed by atoms with Gasteiger partial charge < -0.3 is 4.74 Å². The van der Waals surface area contributed by atoms with Gasteiger partial charge in [-0.05, 0) is 32.1 Å². The molecule has 0 amide bonds. The van der Waals surface area contributed by atoms with E-state index in [0.29, 0.717) is 0 Å². The lowest BCUT2D eigenvalue weighted by Crippen LogP contribution is -2.20. The molecule has 0 bridgehead atoms. The highest BCUT2D eigenvalue weighted by atomic mass is 32.2. The molecule has 0 N–H and O–H groups in total. The zero-order valence-corrected chi connectivity index (χ0v) is 8.89. The smallest absolute Gasteiger partial charge is 0.0476 e. The standard InChI is InChI=1S/C11H18OS/c1-2-4-10(5-3-1)13-11-6-8-12-9-7-11/h2,4,10-11H,1,3,5-9H2. The second kappa shape index (κ2) is 5.06. The number of allylic oxidation sites excluding steroid dienone is 1. The first-order valence-corrected chi connectivity index (χ1v) is 6.29. The molecule has 1 atom stereocenters. The van der Waals surface area contributed by atoms with E-state index in [2.05, 4.69) is 23.9 Å². The Kier molecular flexibility index (Phi) is 3.74. The molecule has 2 aliphatic rings. The average molecular weight is 198 g/mol. The minimum atomic E-state index is 0.803. The van der Waals surface area contributed by atoms with E-state index in [9.17, 15) is 0 Å². The molecule has 1 nitrogen and oxygen atoms in total.